The zero-order valence-electron chi connectivity index (χ0n) is 11.3. The van der Waals surface area contributed by atoms with Crippen molar-refractivity contribution in [2.75, 3.05) is 11.9 Å². The van der Waals surface area contributed by atoms with Gasteiger partial charge >= 0.3 is 12.0 Å². The van der Waals surface area contributed by atoms with E-state index in [0.717, 1.165) is 12.8 Å². The molecular formula is C14H16Cl2N2O3. The zero-order valence-corrected chi connectivity index (χ0v) is 12.8. The lowest BCUT2D eigenvalue weighted by Gasteiger charge is -2.24. The molecule has 3 N–H and O–H groups in total. The van der Waals surface area contributed by atoms with Gasteiger partial charge in [-0.2, -0.15) is 0 Å². The molecule has 1 aliphatic carbocycles. The van der Waals surface area contributed by atoms with Gasteiger partial charge in [0.25, 0.3) is 0 Å². The molecule has 0 atom stereocenters. The van der Waals surface area contributed by atoms with Gasteiger partial charge in [-0.05, 0) is 25.0 Å². The lowest BCUT2D eigenvalue weighted by molar-refractivity contribution is -0.148. The summed E-state index contributed by atoms with van der Waals surface area (Å²) in [6.45, 7) is 0.0935. The van der Waals surface area contributed by atoms with Crippen molar-refractivity contribution < 1.29 is 14.7 Å². The van der Waals surface area contributed by atoms with Crippen molar-refractivity contribution in [3.8, 4) is 0 Å². The van der Waals surface area contributed by atoms with E-state index in [4.69, 9.17) is 23.2 Å². The van der Waals surface area contributed by atoms with E-state index in [1.54, 1.807) is 18.2 Å². The van der Waals surface area contributed by atoms with Crippen LogP contribution < -0.4 is 10.6 Å². The van der Waals surface area contributed by atoms with Crippen LogP contribution in [0.5, 0.6) is 0 Å². The molecule has 0 saturated heterocycles. The van der Waals surface area contributed by atoms with Crippen LogP contribution in [0.4, 0.5) is 10.5 Å². The maximum absolute atomic E-state index is 11.9. The van der Waals surface area contributed by atoms with Crippen LogP contribution in [-0.2, 0) is 4.79 Å². The molecular weight excluding hydrogens is 315 g/mol. The first-order valence-electron chi connectivity index (χ1n) is 6.67. The average Bonchev–Trinajstić information content (AvgIpc) is 2.91. The van der Waals surface area contributed by atoms with Gasteiger partial charge < -0.3 is 15.7 Å². The van der Waals surface area contributed by atoms with Crippen LogP contribution in [0.15, 0.2) is 18.2 Å². The second-order valence-electron chi connectivity index (χ2n) is 5.20. The minimum absolute atomic E-state index is 0.0935. The minimum atomic E-state index is -0.865. The average molecular weight is 331 g/mol. The maximum atomic E-state index is 11.9. The van der Waals surface area contributed by atoms with Crippen molar-refractivity contribution in [1.29, 1.82) is 0 Å². The second kappa shape index (κ2) is 6.54. The summed E-state index contributed by atoms with van der Waals surface area (Å²) in [7, 11) is 0. The fourth-order valence-electron chi connectivity index (χ4n) is 2.54. The predicted octanol–water partition coefficient (Wildman–Crippen LogP) is 3.76. The molecule has 0 unspecified atom stereocenters. The van der Waals surface area contributed by atoms with Gasteiger partial charge in [-0.1, -0.05) is 42.1 Å². The highest BCUT2D eigenvalue weighted by Gasteiger charge is 2.41. The number of carbonyl (C=O) groups excluding carboxylic acids is 1. The lowest BCUT2D eigenvalue weighted by atomic mass is 9.86. The summed E-state index contributed by atoms with van der Waals surface area (Å²) in [5.74, 6) is -0.865. The van der Waals surface area contributed by atoms with Crippen LogP contribution >= 0.6 is 23.2 Å². The van der Waals surface area contributed by atoms with Gasteiger partial charge in [0.2, 0.25) is 0 Å². The number of aliphatic carboxylic acids is 1. The van der Waals surface area contributed by atoms with Crippen LogP contribution in [-0.4, -0.2) is 23.7 Å². The van der Waals surface area contributed by atoms with E-state index in [2.05, 4.69) is 10.6 Å². The first-order chi connectivity index (χ1) is 9.94. The molecule has 114 valence electrons. The predicted molar refractivity (Wildman–Crippen MR) is 82.0 cm³/mol. The van der Waals surface area contributed by atoms with Gasteiger partial charge in [-0.3, -0.25) is 4.79 Å². The third-order valence-corrected chi connectivity index (χ3v) is 4.43. The monoisotopic (exact) mass is 330 g/mol. The number of halogens is 2. The highest BCUT2D eigenvalue weighted by Crippen LogP contribution is 2.37. The van der Waals surface area contributed by atoms with E-state index in [-0.39, 0.29) is 6.54 Å². The summed E-state index contributed by atoms with van der Waals surface area (Å²) in [6.07, 6.45) is 2.89. The fourth-order valence-corrected chi connectivity index (χ4v) is 3.03. The molecule has 5 nitrogen and oxygen atoms in total. The Morgan fingerprint density at radius 1 is 1.19 bits per heavy atom. The number of hydrogen-bond donors (Lipinski definition) is 3. The van der Waals surface area contributed by atoms with Gasteiger partial charge in [0.05, 0.1) is 21.1 Å². The summed E-state index contributed by atoms with van der Waals surface area (Å²) >= 11 is 11.9. The Bertz CT molecular complexity index is 537. The molecule has 0 bridgehead atoms. The molecule has 1 fully saturated rings. The first kappa shape index (κ1) is 15.9. The number of amides is 2. The van der Waals surface area contributed by atoms with Gasteiger partial charge in [-0.25, -0.2) is 4.79 Å². The Labute approximate surface area is 132 Å². The molecule has 0 radical (unpaired) electrons. The number of urea groups is 1. The Morgan fingerprint density at radius 3 is 2.29 bits per heavy atom. The molecule has 21 heavy (non-hydrogen) atoms. The number of benzene rings is 1. The Hall–Kier alpha value is -1.46. The highest BCUT2D eigenvalue weighted by atomic mass is 35.5. The van der Waals surface area contributed by atoms with Gasteiger partial charge in [0.15, 0.2) is 0 Å². The molecule has 1 aliphatic rings. The zero-order chi connectivity index (χ0) is 15.5. The molecule has 1 aromatic rings. The number of carboxylic acid groups (broad SMARTS) is 1. The first-order valence-corrected chi connectivity index (χ1v) is 7.42. The van der Waals surface area contributed by atoms with Crippen LogP contribution in [0.25, 0.3) is 0 Å². The summed E-state index contributed by atoms with van der Waals surface area (Å²) in [5, 5.41) is 15.1. The number of para-hydroxylation sites is 1. The smallest absolute Gasteiger partial charge is 0.319 e. The molecule has 2 amide bonds. The number of carboxylic acids is 1. The van der Waals surface area contributed by atoms with Crippen molar-refractivity contribution in [2.24, 2.45) is 5.41 Å². The van der Waals surface area contributed by atoms with Crippen molar-refractivity contribution in [1.82, 2.24) is 5.32 Å². The van der Waals surface area contributed by atoms with E-state index in [1.165, 1.54) is 0 Å². The van der Waals surface area contributed by atoms with Crippen molar-refractivity contribution >= 4 is 40.9 Å². The number of anilines is 1. The maximum Gasteiger partial charge on any atom is 0.319 e. The number of nitrogens with one attached hydrogen (secondary N) is 2. The third-order valence-electron chi connectivity index (χ3n) is 3.80. The van der Waals surface area contributed by atoms with E-state index in [1.807, 2.05) is 0 Å². The van der Waals surface area contributed by atoms with Crippen molar-refractivity contribution in [2.45, 2.75) is 25.7 Å². The molecule has 1 aromatic carbocycles. The molecule has 0 aliphatic heterocycles. The normalized spacial score (nSPS) is 16.5. The van der Waals surface area contributed by atoms with Crippen LogP contribution in [0.2, 0.25) is 10.0 Å². The summed E-state index contributed by atoms with van der Waals surface area (Å²) in [5.41, 5.74) is -0.545. The van der Waals surface area contributed by atoms with Crippen LogP contribution in [0, 0.1) is 5.41 Å². The highest BCUT2D eigenvalue weighted by molar-refractivity contribution is 6.39. The van der Waals surface area contributed by atoms with Crippen LogP contribution in [0.1, 0.15) is 25.7 Å². The van der Waals surface area contributed by atoms with Gasteiger partial charge in [0, 0.05) is 6.54 Å². The number of hydrogen-bond acceptors (Lipinski definition) is 2. The number of carbonyl (C=O) groups is 2. The van der Waals surface area contributed by atoms with E-state index in [9.17, 15) is 14.7 Å². The third kappa shape index (κ3) is 3.60. The van der Waals surface area contributed by atoms with Gasteiger partial charge in [0.1, 0.15) is 0 Å². The lowest BCUT2D eigenvalue weighted by Crippen LogP contribution is -2.42. The van der Waals surface area contributed by atoms with Gasteiger partial charge in [-0.15, -0.1) is 0 Å². The molecule has 0 spiro atoms. The van der Waals surface area contributed by atoms with Crippen molar-refractivity contribution in [3.05, 3.63) is 28.2 Å². The SMILES string of the molecule is O=C(NCC1(C(=O)O)CCCC1)Nc1c(Cl)cccc1Cl. The van der Waals surface area contributed by atoms with E-state index >= 15 is 0 Å². The molecule has 7 heteroatoms. The molecule has 0 aromatic heterocycles. The number of rotatable bonds is 4. The van der Waals surface area contributed by atoms with E-state index in [0.29, 0.717) is 28.6 Å². The van der Waals surface area contributed by atoms with Crippen LogP contribution in [0.3, 0.4) is 0 Å². The summed E-state index contributed by atoms with van der Waals surface area (Å²) in [4.78, 5) is 23.3. The quantitative estimate of drug-likeness (QED) is 0.786. The Balaban J connectivity index is 1.98. The molecule has 2 rings (SSSR count). The topological polar surface area (TPSA) is 78.4 Å². The summed E-state index contributed by atoms with van der Waals surface area (Å²) in [6, 6.07) is 4.38. The summed E-state index contributed by atoms with van der Waals surface area (Å²) < 4.78 is 0. The largest absolute Gasteiger partial charge is 0.481 e. The minimum Gasteiger partial charge on any atom is -0.481 e. The second-order valence-corrected chi connectivity index (χ2v) is 6.01. The van der Waals surface area contributed by atoms with Crippen molar-refractivity contribution in [3.63, 3.8) is 0 Å². The molecule has 0 heterocycles. The Morgan fingerprint density at radius 2 is 1.76 bits per heavy atom. The fraction of sp³-hybridized carbons (Fsp3) is 0.429. The molecule has 1 saturated carbocycles. The van der Waals surface area contributed by atoms with E-state index < -0.39 is 17.4 Å². The Kier molecular flexibility index (Phi) is 4.96. The standard InChI is InChI=1S/C14H16Cl2N2O3/c15-9-4-3-5-10(16)11(9)18-13(21)17-8-14(12(19)20)6-1-2-7-14/h3-5H,1-2,6-8H2,(H,19,20)(H2,17,18,21).